The summed E-state index contributed by atoms with van der Waals surface area (Å²) in [7, 11) is 0. The van der Waals surface area contributed by atoms with Crippen LogP contribution >= 0.6 is 11.3 Å². The third kappa shape index (κ3) is 7.44. The van der Waals surface area contributed by atoms with Crippen LogP contribution in [0.4, 0.5) is 5.00 Å². The maximum absolute atomic E-state index is 10.4. The first kappa shape index (κ1) is 18.7. The zero-order valence-corrected chi connectivity index (χ0v) is 13.5. The highest BCUT2D eigenvalue weighted by Crippen LogP contribution is 2.15. The van der Waals surface area contributed by atoms with Crippen LogP contribution < -0.4 is 11.1 Å². The minimum Gasteiger partial charge on any atom is -0.480 e. The second-order valence-corrected chi connectivity index (χ2v) is 5.76. The maximum atomic E-state index is 10.4. The second-order valence-electron chi connectivity index (χ2n) is 4.82. The van der Waals surface area contributed by atoms with E-state index in [0.717, 1.165) is 10.6 Å². The van der Waals surface area contributed by atoms with Gasteiger partial charge in [-0.25, -0.2) is 0 Å². The minimum atomic E-state index is -0.959. The molecule has 0 fully saturated rings. The topological polar surface area (TPSA) is 113 Å². The standard InChI is InChI=1S/C9H11NO2.C7H9NO2S/c10-8(9(11)12)6-7-4-2-1-3-5-7;1-5(7(9)10)8-6-3-2-4-11-6/h1-5,8H,6,10H2,(H,11,12);2-5,8H,1H3,(H,9,10)/t8-;5-/m00/s1. The van der Waals surface area contributed by atoms with Gasteiger partial charge in [0.1, 0.15) is 12.1 Å². The van der Waals surface area contributed by atoms with E-state index >= 15 is 0 Å². The molecule has 0 saturated carbocycles. The third-order valence-corrected chi connectivity index (χ3v) is 3.67. The highest BCUT2D eigenvalue weighted by molar-refractivity contribution is 7.14. The molecule has 0 bridgehead atoms. The van der Waals surface area contributed by atoms with E-state index in [0.29, 0.717) is 6.42 Å². The van der Waals surface area contributed by atoms with Crippen LogP contribution in [-0.4, -0.2) is 34.2 Å². The van der Waals surface area contributed by atoms with Crippen molar-refractivity contribution < 1.29 is 19.8 Å². The lowest BCUT2D eigenvalue weighted by Crippen LogP contribution is -2.32. The summed E-state index contributed by atoms with van der Waals surface area (Å²) in [5.41, 5.74) is 6.30. The summed E-state index contributed by atoms with van der Waals surface area (Å²) in [5, 5.41) is 22.7. The smallest absolute Gasteiger partial charge is 0.325 e. The van der Waals surface area contributed by atoms with Crippen LogP contribution in [0.1, 0.15) is 12.5 Å². The SMILES string of the molecule is C[C@H](Nc1cccs1)C(=O)O.N[C@@H](Cc1ccccc1)C(=O)O. The summed E-state index contributed by atoms with van der Waals surface area (Å²) >= 11 is 1.49. The first-order valence-corrected chi connectivity index (χ1v) is 7.83. The molecule has 1 aromatic carbocycles. The van der Waals surface area contributed by atoms with Gasteiger partial charge in [-0.2, -0.15) is 0 Å². The van der Waals surface area contributed by atoms with Crippen LogP contribution in [0.2, 0.25) is 0 Å². The number of carboxylic acid groups (broad SMARTS) is 2. The van der Waals surface area contributed by atoms with Gasteiger partial charge in [-0.3, -0.25) is 9.59 Å². The predicted molar refractivity (Wildman–Crippen MR) is 90.8 cm³/mol. The Kier molecular flexibility index (Phi) is 7.79. The molecule has 2 aromatic rings. The van der Waals surface area contributed by atoms with Gasteiger partial charge in [-0.05, 0) is 36.4 Å². The Bertz CT molecular complexity index is 602. The van der Waals surface area contributed by atoms with E-state index in [1.165, 1.54) is 11.3 Å². The molecule has 2 atom stereocenters. The van der Waals surface area contributed by atoms with E-state index in [4.69, 9.17) is 15.9 Å². The molecule has 2 rings (SSSR count). The number of nitrogens with one attached hydrogen (secondary N) is 1. The number of nitrogens with two attached hydrogens (primary N) is 1. The molecule has 0 aliphatic heterocycles. The molecule has 1 heterocycles. The Balaban J connectivity index is 0.000000231. The van der Waals surface area contributed by atoms with Crippen LogP contribution in [0.5, 0.6) is 0 Å². The number of benzene rings is 1. The van der Waals surface area contributed by atoms with Crippen molar-refractivity contribution in [2.75, 3.05) is 5.32 Å². The number of carbonyl (C=O) groups is 2. The van der Waals surface area contributed by atoms with Crippen molar-refractivity contribution in [3.63, 3.8) is 0 Å². The predicted octanol–water partition coefficient (Wildman–Crippen LogP) is 2.27. The van der Waals surface area contributed by atoms with Gasteiger partial charge >= 0.3 is 11.9 Å². The van der Waals surface area contributed by atoms with Crippen LogP contribution in [-0.2, 0) is 16.0 Å². The van der Waals surface area contributed by atoms with E-state index in [1.54, 1.807) is 6.92 Å². The van der Waals surface area contributed by atoms with E-state index in [9.17, 15) is 9.59 Å². The summed E-state index contributed by atoms with van der Waals surface area (Å²) in [5.74, 6) is -1.79. The maximum Gasteiger partial charge on any atom is 0.325 e. The monoisotopic (exact) mass is 336 g/mol. The second kappa shape index (κ2) is 9.60. The summed E-state index contributed by atoms with van der Waals surface area (Å²) in [6.45, 7) is 1.61. The summed E-state index contributed by atoms with van der Waals surface area (Å²) < 4.78 is 0. The lowest BCUT2D eigenvalue weighted by Gasteiger charge is -2.06. The molecular weight excluding hydrogens is 316 g/mol. The Labute approximate surface area is 138 Å². The Morgan fingerprint density at radius 2 is 1.78 bits per heavy atom. The van der Waals surface area contributed by atoms with Gasteiger partial charge in [0.05, 0.1) is 5.00 Å². The fourth-order valence-corrected chi connectivity index (χ4v) is 2.30. The molecule has 0 aliphatic rings. The van der Waals surface area contributed by atoms with Gasteiger partial charge < -0.3 is 21.3 Å². The fourth-order valence-electron chi connectivity index (χ4n) is 1.59. The molecule has 0 spiro atoms. The molecule has 6 nitrogen and oxygen atoms in total. The van der Waals surface area contributed by atoms with Crippen molar-refractivity contribution in [2.45, 2.75) is 25.4 Å². The number of hydrogen-bond acceptors (Lipinski definition) is 5. The lowest BCUT2D eigenvalue weighted by molar-refractivity contribution is -0.139. The highest BCUT2D eigenvalue weighted by atomic mass is 32.1. The lowest BCUT2D eigenvalue weighted by atomic mass is 10.1. The summed E-state index contributed by atoms with van der Waals surface area (Å²) in [6.07, 6.45) is 0.385. The van der Waals surface area contributed by atoms with Crippen molar-refractivity contribution in [3.05, 3.63) is 53.4 Å². The summed E-state index contributed by atoms with van der Waals surface area (Å²) in [6, 6.07) is 11.8. The molecule has 23 heavy (non-hydrogen) atoms. The van der Waals surface area contributed by atoms with Crippen molar-refractivity contribution >= 4 is 28.3 Å². The largest absolute Gasteiger partial charge is 0.480 e. The van der Waals surface area contributed by atoms with Crippen molar-refractivity contribution in [3.8, 4) is 0 Å². The molecule has 7 heteroatoms. The number of aliphatic carboxylic acids is 2. The van der Waals surface area contributed by atoms with Crippen molar-refractivity contribution in [1.82, 2.24) is 0 Å². The normalized spacial score (nSPS) is 12.4. The van der Waals surface area contributed by atoms with Crippen molar-refractivity contribution in [2.24, 2.45) is 5.73 Å². The first-order chi connectivity index (χ1) is 10.9. The number of anilines is 1. The molecular formula is C16H20N2O4S. The minimum absolute atomic E-state index is 0.385. The van der Waals surface area contributed by atoms with Gasteiger partial charge in [0, 0.05) is 0 Å². The molecule has 0 amide bonds. The molecule has 124 valence electrons. The zero-order valence-electron chi connectivity index (χ0n) is 12.7. The van der Waals surface area contributed by atoms with Crippen LogP contribution in [0, 0.1) is 0 Å². The van der Waals surface area contributed by atoms with Gasteiger partial charge in [-0.1, -0.05) is 30.3 Å². The van der Waals surface area contributed by atoms with Gasteiger partial charge in [0.2, 0.25) is 0 Å². The average Bonchev–Trinajstić information content (AvgIpc) is 3.01. The first-order valence-electron chi connectivity index (χ1n) is 6.95. The van der Waals surface area contributed by atoms with Gasteiger partial charge in [-0.15, -0.1) is 11.3 Å². The van der Waals surface area contributed by atoms with E-state index in [-0.39, 0.29) is 0 Å². The molecule has 0 unspecified atom stereocenters. The molecule has 5 N–H and O–H groups in total. The van der Waals surface area contributed by atoms with Crippen LogP contribution in [0.15, 0.2) is 47.8 Å². The number of hydrogen-bond donors (Lipinski definition) is 4. The van der Waals surface area contributed by atoms with E-state index in [2.05, 4.69) is 5.32 Å². The summed E-state index contributed by atoms with van der Waals surface area (Å²) in [4.78, 5) is 20.7. The quantitative estimate of drug-likeness (QED) is 0.644. The Hall–Kier alpha value is -2.38. The Morgan fingerprint density at radius 1 is 1.13 bits per heavy atom. The molecule has 0 aliphatic carbocycles. The molecule has 0 saturated heterocycles. The number of carboxylic acids is 2. The zero-order chi connectivity index (χ0) is 17.2. The Morgan fingerprint density at radius 3 is 2.26 bits per heavy atom. The van der Waals surface area contributed by atoms with Gasteiger partial charge in [0.25, 0.3) is 0 Å². The highest BCUT2D eigenvalue weighted by Gasteiger charge is 2.11. The third-order valence-electron chi connectivity index (χ3n) is 2.87. The molecule has 0 radical (unpaired) electrons. The van der Waals surface area contributed by atoms with E-state index < -0.39 is 24.0 Å². The van der Waals surface area contributed by atoms with E-state index in [1.807, 2.05) is 47.8 Å². The number of thiophene rings is 1. The van der Waals surface area contributed by atoms with Crippen LogP contribution in [0.25, 0.3) is 0 Å². The van der Waals surface area contributed by atoms with Crippen LogP contribution in [0.3, 0.4) is 0 Å². The fraction of sp³-hybridized carbons (Fsp3) is 0.250. The van der Waals surface area contributed by atoms with Gasteiger partial charge in [0.15, 0.2) is 0 Å². The molecule has 1 aromatic heterocycles. The number of rotatable bonds is 6. The average molecular weight is 336 g/mol. The van der Waals surface area contributed by atoms with Crippen molar-refractivity contribution in [1.29, 1.82) is 0 Å².